The quantitative estimate of drug-likeness (QED) is 0.858. The molecule has 0 unspecified atom stereocenters. The van der Waals surface area contributed by atoms with Crippen LogP contribution >= 0.6 is 22.7 Å². The molecule has 0 radical (unpaired) electrons. The lowest BCUT2D eigenvalue weighted by atomic mass is 10.3. The van der Waals surface area contributed by atoms with E-state index in [4.69, 9.17) is 5.73 Å². The van der Waals surface area contributed by atoms with Gasteiger partial charge in [0.05, 0.1) is 16.8 Å². The fraction of sp³-hybridized carbons (Fsp3) is 0.333. The predicted octanol–water partition coefficient (Wildman–Crippen LogP) is 1.48. The summed E-state index contributed by atoms with van der Waals surface area (Å²) in [6.07, 6.45) is 0.611. The van der Waals surface area contributed by atoms with Crippen LogP contribution in [0.2, 0.25) is 0 Å². The van der Waals surface area contributed by atoms with Crippen molar-refractivity contribution in [2.24, 2.45) is 5.73 Å². The van der Waals surface area contributed by atoms with Gasteiger partial charge in [-0.15, -0.1) is 22.7 Å². The zero-order valence-corrected chi connectivity index (χ0v) is 14.0. The number of thiophene rings is 1. The van der Waals surface area contributed by atoms with Gasteiger partial charge in [-0.1, -0.05) is 0 Å². The van der Waals surface area contributed by atoms with Crippen LogP contribution in [0.25, 0.3) is 0 Å². The third kappa shape index (κ3) is 3.49. The van der Waals surface area contributed by atoms with Gasteiger partial charge in [0.1, 0.15) is 4.21 Å². The molecule has 114 valence electrons. The smallest absolute Gasteiger partial charge is 0.252 e. The van der Waals surface area contributed by atoms with E-state index in [9.17, 15) is 13.2 Å². The third-order valence-corrected chi connectivity index (χ3v) is 7.29. The molecule has 0 saturated carbocycles. The second-order valence-electron chi connectivity index (χ2n) is 4.46. The Morgan fingerprint density at radius 2 is 2.14 bits per heavy atom. The second-order valence-corrected chi connectivity index (χ2v) is 8.58. The fourth-order valence-electron chi connectivity index (χ4n) is 1.68. The van der Waals surface area contributed by atoms with Crippen molar-refractivity contribution in [1.29, 1.82) is 0 Å². The number of carbonyl (C=O) groups is 1. The molecule has 2 aromatic rings. The van der Waals surface area contributed by atoms with Crippen molar-refractivity contribution in [3.63, 3.8) is 0 Å². The first kappa shape index (κ1) is 16.1. The molecule has 6 nitrogen and oxygen atoms in total. The molecule has 0 bridgehead atoms. The summed E-state index contributed by atoms with van der Waals surface area (Å²) in [5.41, 5.74) is 8.03. The van der Waals surface area contributed by atoms with E-state index in [-0.39, 0.29) is 9.77 Å². The average Bonchev–Trinajstić information content (AvgIpc) is 3.05. The molecule has 0 atom stereocenters. The molecule has 2 N–H and O–H groups in total. The first-order chi connectivity index (χ1) is 9.82. The molecule has 2 aromatic heterocycles. The van der Waals surface area contributed by atoms with Crippen LogP contribution in [0.5, 0.6) is 0 Å². The number of rotatable bonds is 6. The normalized spacial score (nSPS) is 12.0. The highest BCUT2D eigenvalue weighted by Crippen LogP contribution is 2.23. The van der Waals surface area contributed by atoms with Crippen LogP contribution in [0.15, 0.2) is 21.2 Å². The van der Waals surface area contributed by atoms with E-state index in [1.807, 2.05) is 6.92 Å². The summed E-state index contributed by atoms with van der Waals surface area (Å²) >= 11 is 2.51. The zero-order chi connectivity index (χ0) is 15.6. The first-order valence-electron chi connectivity index (χ1n) is 6.06. The Morgan fingerprint density at radius 1 is 1.43 bits per heavy atom. The number of amides is 1. The van der Waals surface area contributed by atoms with Gasteiger partial charge in [-0.2, -0.15) is 4.31 Å². The summed E-state index contributed by atoms with van der Waals surface area (Å²) in [6, 6.07) is 1.32. The highest BCUT2D eigenvalue weighted by atomic mass is 32.2. The molecule has 9 heteroatoms. The minimum absolute atomic E-state index is 0.125. The predicted molar refractivity (Wildman–Crippen MR) is 83.2 cm³/mol. The summed E-state index contributed by atoms with van der Waals surface area (Å²) in [4.78, 5) is 16.3. The number of aryl methyl sites for hydroxylation is 1. The van der Waals surface area contributed by atoms with E-state index < -0.39 is 15.9 Å². The van der Waals surface area contributed by atoms with Crippen LogP contribution < -0.4 is 5.73 Å². The monoisotopic (exact) mass is 345 g/mol. The molecule has 0 saturated heterocycles. The van der Waals surface area contributed by atoms with Crippen molar-refractivity contribution in [2.45, 2.75) is 17.6 Å². The number of aromatic nitrogens is 1. The Labute approximate surface area is 131 Å². The molecule has 0 aliphatic heterocycles. The number of sulfonamides is 1. The summed E-state index contributed by atoms with van der Waals surface area (Å²) in [7, 11) is -2.07. The molecule has 2 heterocycles. The number of primary amides is 1. The van der Waals surface area contributed by atoms with Crippen molar-refractivity contribution in [2.75, 3.05) is 13.6 Å². The van der Waals surface area contributed by atoms with Gasteiger partial charge in [-0.05, 0) is 19.4 Å². The Hall–Kier alpha value is -1.29. The molecule has 0 aromatic carbocycles. The molecular formula is C12H15N3O3S3. The molecule has 2 rings (SSSR count). The van der Waals surface area contributed by atoms with Crippen molar-refractivity contribution in [3.05, 3.63) is 33.1 Å². The average molecular weight is 345 g/mol. The SMILES string of the molecule is Cc1ncsc1CCN(C)S(=O)(=O)c1cc(C(N)=O)cs1. The Bertz CT molecular complexity index is 749. The standard InChI is InChI=1S/C12H15N3O3S3/c1-8-10(20-7-14-8)3-4-15(2)21(17,18)11-5-9(6-19-11)12(13)16/h5-7H,3-4H2,1-2H3,(H2,13,16). The highest BCUT2D eigenvalue weighted by Gasteiger charge is 2.23. The second kappa shape index (κ2) is 6.22. The van der Waals surface area contributed by atoms with Crippen LogP contribution in [-0.2, 0) is 16.4 Å². The van der Waals surface area contributed by atoms with Crippen LogP contribution in [0.1, 0.15) is 20.9 Å². The van der Waals surface area contributed by atoms with Crippen molar-refractivity contribution in [3.8, 4) is 0 Å². The molecule has 0 aliphatic rings. The summed E-state index contributed by atoms with van der Waals surface area (Å²) < 4.78 is 26.2. The maximum Gasteiger partial charge on any atom is 0.252 e. The maximum atomic E-state index is 12.4. The van der Waals surface area contributed by atoms with Gasteiger partial charge in [0.2, 0.25) is 5.91 Å². The van der Waals surface area contributed by atoms with E-state index in [0.29, 0.717) is 13.0 Å². The van der Waals surface area contributed by atoms with Crippen LogP contribution in [-0.4, -0.2) is 37.2 Å². The van der Waals surface area contributed by atoms with Gasteiger partial charge in [0.15, 0.2) is 0 Å². The molecule has 21 heavy (non-hydrogen) atoms. The van der Waals surface area contributed by atoms with Gasteiger partial charge in [0, 0.05) is 23.8 Å². The van der Waals surface area contributed by atoms with Crippen LogP contribution in [0.4, 0.5) is 0 Å². The highest BCUT2D eigenvalue weighted by molar-refractivity contribution is 7.91. The number of carbonyl (C=O) groups excluding carboxylic acids is 1. The minimum Gasteiger partial charge on any atom is -0.366 e. The summed E-state index contributed by atoms with van der Waals surface area (Å²) in [5, 5.41) is 1.45. The maximum absolute atomic E-state index is 12.4. The van der Waals surface area contributed by atoms with Gasteiger partial charge < -0.3 is 5.73 Å². The zero-order valence-electron chi connectivity index (χ0n) is 11.6. The molecule has 0 aliphatic carbocycles. The lowest BCUT2D eigenvalue weighted by Crippen LogP contribution is -2.28. The Balaban J connectivity index is 2.11. The van der Waals surface area contributed by atoms with Crippen molar-refractivity contribution >= 4 is 38.6 Å². The summed E-state index contributed by atoms with van der Waals surface area (Å²) in [6.45, 7) is 2.26. The lowest BCUT2D eigenvalue weighted by molar-refractivity contribution is 0.100. The van der Waals surface area contributed by atoms with E-state index in [1.54, 1.807) is 5.51 Å². The number of likely N-dealkylation sites (N-methyl/N-ethyl adjacent to an activating group) is 1. The first-order valence-corrected chi connectivity index (χ1v) is 9.26. The van der Waals surface area contributed by atoms with Crippen molar-refractivity contribution in [1.82, 2.24) is 9.29 Å². The minimum atomic E-state index is -3.59. The summed E-state index contributed by atoms with van der Waals surface area (Å²) in [5.74, 6) is -0.629. The molecule has 1 amide bonds. The molecular weight excluding hydrogens is 330 g/mol. The van der Waals surface area contributed by atoms with E-state index in [2.05, 4.69) is 4.98 Å². The number of hydrogen-bond acceptors (Lipinski definition) is 6. The van der Waals surface area contributed by atoms with Gasteiger partial charge in [-0.25, -0.2) is 13.4 Å². The number of nitrogens with zero attached hydrogens (tertiary/aromatic N) is 2. The fourth-order valence-corrected chi connectivity index (χ4v) is 5.00. The Kier molecular flexibility index (Phi) is 4.77. The van der Waals surface area contributed by atoms with E-state index >= 15 is 0 Å². The van der Waals surface area contributed by atoms with Crippen LogP contribution in [0, 0.1) is 6.92 Å². The number of thiazole rings is 1. The topological polar surface area (TPSA) is 93.4 Å². The largest absolute Gasteiger partial charge is 0.366 e. The molecule has 0 spiro atoms. The van der Waals surface area contributed by atoms with E-state index in [1.165, 1.54) is 34.1 Å². The number of nitrogens with two attached hydrogens (primary N) is 1. The van der Waals surface area contributed by atoms with Gasteiger partial charge >= 0.3 is 0 Å². The lowest BCUT2D eigenvalue weighted by Gasteiger charge is -2.15. The van der Waals surface area contributed by atoms with Crippen molar-refractivity contribution < 1.29 is 13.2 Å². The van der Waals surface area contributed by atoms with Crippen LogP contribution in [0.3, 0.4) is 0 Å². The van der Waals surface area contributed by atoms with E-state index in [0.717, 1.165) is 21.9 Å². The Morgan fingerprint density at radius 3 is 2.67 bits per heavy atom. The molecule has 0 fully saturated rings. The number of hydrogen-bond donors (Lipinski definition) is 1. The third-order valence-electron chi connectivity index (χ3n) is 3.02. The van der Waals surface area contributed by atoms with Gasteiger partial charge in [-0.3, -0.25) is 4.79 Å². The van der Waals surface area contributed by atoms with Gasteiger partial charge in [0.25, 0.3) is 10.0 Å².